The zero-order chi connectivity index (χ0) is 24.1. The molecule has 0 amide bonds. The second kappa shape index (κ2) is 11.0. The topological polar surface area (TPSA) is 66.9 Å². The van der Waals surface area contributed by atoms with Crippen LogP contribution in [0.4, 0.5) is 0 Å². The molecule has 0 spiro atoms. The first-order chi connectivity index (χ1) is 16.4. The van der Waals surface area contributed by atoms with Gasteiger partial charge in [0.25, 0.3) is 0 Å². The Bertz CT molecular complexity index is 1070. The van der Waals surface area contributed by atoms with E-state index in [9.17, 15) is 13.2 Å². The average molecular weight is 485 g/mol. The Kier molecular flexibility index (Phi) is 8.06. The van der Waals surface area contributed by atoms with Crippen molar-refractivity contribution in [3.63, 3.8) is 0 Å². The number of sulfonamides is 1. The molecule has 6 nitrogen and oxygen atoms in total. The molecule has 0 aliphatic carbocycles. The number of ether oxygens (including phenoxy) is 1. The number of carbonyl (C=O) groups is 1. The monoisotopic (exact) mass is 484 g/mol. The minimum atomic E-state index is -3.63. The zero-order valence-corrected chi connectivity index (χ0v) is 21.1. The van der Waals surface area contributed by atoms with E-state index < -0.39 is 10.0 Å². The fraction of sp³-hybridized carbons (Fsp3) is 0.519. The van der Waals surface area contributed by atoms with E-state index in [1.165, 1.54) is 29.3 Å². The molecule has 2 saturated heterocycles. The summed E-state index contributed by atoms with van der Waals surface area (Å²) in [4.78, 5) is 14.3. The molecule has 2 aromatic rings. The lowest BCUT2D eigenvalue weighted by atomic mass is 10.0. The molecule has 2 atom stereocenters. The predicted molar refractivity (Wildman–Crippen MR) is 134 cm³/mol. The number of hydrogen-bond acceptors (Lipinski definition) is 5. The number of benzene rings is 2. The normalized spacial score (nSPS) is 21.7. The lowest BCUT2D eigenvalue weighted by molar-refractivity contribution is -0.144. The number of rotatable bonds is 9. The van der Waals surface area contributed by atoms with E-state index in [1.807, 2.05) is 12.1 Å². The van der Waals surface area contributed by atoms with Crippen LogP contribution in [0.3, 0.4) is 0 Å². The van der Waals surface area contributed by atoms with Gasteiger partial charge in [0.1, 0.15) is 6.61 Å². The summed E-state index contributed by atoms with van der Waals surface area (Å²) in [5, 5.41) is 0. The van der Waals surface area contributed by atoms with Crippen molar-refractivity contribution in [3.8, 4) is 11.1 Å². The molecule has 0 saturated carbocycles. The van der Waals surface area contributed by atoms with Crippen molar-refractivity contribution in [1.82, 2.24) is 9.21 Å². The van der Waals surface area contributed by atoms with Crippen LogP contribution in [0.1, 0.15) is 51.5 Å². The Morgan fingerprint density at radius 2 is 1.62 bits per heavy atom. The quantitative estimate of drug-likeness (QED) is 0.491. The van der Waals surface area contributed by atoms with Gasteiger partial charge >= 0.3 is 5.97 Å². The minimum Gasteiger partial charge on any atom is -0.464 e. The van der Waals surface area contributed by atoms with Crippen LogP contribution in [0.25, 0.3) is 11.1 Å². The van der Waals surface area contributed by atoms with Gasteiger partial charge in [0.05, 0.1) is 10.9 Å². The Morgan fingerprint density at radius 1 is 0.971 bits per heavy atom. The van der Waals surface area contributed by atoms with Crippen molar-refractivity contribution in [3.05, 3.63) is 54.1 Å². The lowest BCUT2D eigenvalue weighted by Gasteiger charge is -2.24. The molecule has 0 aromatic heterocycles. The predicted octanol–water partition coefficient (Wildman–Crippen LogP) is 4.49. The maximum atomic E-state index is 13.2. The Balaban J connectivity index is 1.39. The summed E-state index contributed by atoms with van der Waals surface area (Å²) < 4.78 is 33.2. The maximum Gasteiger partial charge on any atom is 0.305 e. The van der Waals surface area contributed by atoms with Crippen molar-refractivity contribution in [1.29, 1.82) is 0 Å². The molecule has 184 valence electrons. The van der Waals surface area contributed by atoms with E-state index in [0.29, 0.717) is 25.4 Å². The lowest BCUT2D eigenvalue weighted by Crippen LogP contribution is -2.38. The zero-order valence-electron chi connectivity index (χ0n) is 20.3. The van der Waals surface area contributed by atoms with E-state index in [0.717, 1.165) is 30.5 Å². The standard InChI is InChI=1S/C27H36N2O4S/c1-3-27(30)33-20-25-7-5-18-29(25)34(31,32)26-14-12-24(13-15-26)23-10-8-22(9-11-23)16-19-28-17-4-6-21(28)2/h8-15,21,25H,3-7,16-20H2,1-2H3/t21-,25+/m1/s1. The van der Waals surface area contributed by atoms with Crippen LogP contribution in [0.2, 0.25) is 0 Å². The second-order valence-corrected chi connectivity index (χ2v) is 11.3. The van der Waals surface area contributed by atoms with Crippen LogP contribution in [0, 0.1) is 0 Å². The van der Waals surface area contributed by atoms with E-state index in [1.54, 1.807) is 19.1 Å². The van der Waals surface area contributed by atoms with E-state index in [4.69, 9.17) is 4.74 Å². The first-order valence-corrected chi connectivity index (χ1v) is 13.9. The highest BCUT2D eigenvalue weighted by Gasteiger charge is 2.36. The molecule has 4 rings (SSSR count). The fourth-order valence-corrected chi connectivity index (χ4v) is 6.68. The van der Waals surface area contributed by atoms with Gasteiger partial charge in [-0.25, -0.2) is 8.42 Å². The molecule has 34 heavy (non-hydrogen) atoms. The average Bonchev–Trinajstić information content (AvgIpc) is 3.50. The van der Waals surface area contributed by atoms with Gasteiger partial charge in [-0.2, -0.15) is 4.31 Å². The molecule has 0 unspecified atom stereocenters. The van der Waals surface area contributed by atoms with Crippen LogP contribution in [-0.2, 0) is 26.0 Å². The third kappa shape index (κ3) is 5.70. The van der Waals surface area contributed by atoms with E-state index >= 15 is 0 Å². The number of nitrogens with zero attached hydrogens (tertiary/aromatic N) is 2. The Morgan fingerprint density at radius 3 is 2.24 bits per heavy atom. The second-order valence-electron chi connectivity index (χ2n) is 9.45. The van der Waals surface area contributed by atoms with Crippen LogP contribution < -0.4 is 0 Å². The van der Waals surface area contributed by atoms with Crippen molar-refractivity contribution < 1.29 is 17.9 Å². The summed E-state index contributed by atoms with van der Waals surface area (Å²) in [6, 6.07) is 16.1. The molecular weight excluding hydrogens is 448 g/mol. The highest BCUT2D eigenvalue weighted by Crippen LogP contribution is 2.28. The van der Waals surface area contributed by atoms with Crippen molar-refractivity contribution in [2.24, 2.45) is 0 Å². The van der Waals surface area contributed by atoms with Crippen LogP contribution in [-0.4, -0.2) is 61.9 Å². The van der Waals surface area contributed by atoms with Crippen LogP contribution in [0.15, 0.2) is 53.4 Å². The van der Waals surface area contributed by atoms with Crippen LogP contribution >= 0.6 is 0 Å². The number of esters is 1. The molecule has 0 bridgehead atoms. The largest absolute Gasteiger partial charge is 0.464 e. The number of hydrogen-bond donors (Lipinski definition) is 0. The molecule has 2 aromatic carbocycles. The van der Waals surface area contributed by atoms with Gasteiger partial charge in [0, 0.05) is 25.6 Å². The van der Waals surface area contributed by atoms with E-state index in [2.05, 4.69) is 36.1 Å². The summed E-state index contributed by atoms with van der Waals surface area (Å²) >= 11 is 0. The smallest absolute Gasteiger partial charge is 0.305 e. The Hall–Kier alpha value is -2.22. The summed E-state index contributed by atoms with van der Waals surface area (Å²) in [6.07, 6.45) is 5.42. The van der Waals surface area contributed by atoms with Gasteiger partial charge in [0.15, 0.2) is 0 Å². The first kappa shape index (κ1) is 24.9. The summed E-state index contributed by atoms with van der Waals surface area (Å²) in [7, 11) is -3.63. The van der Waals surface area contributed by atoms with Crippen molar-refractivity contribution in [2.75, 3.05) is 26.2 Å². The minimum absolute atomic E-state index is 0.118. The highest BCUT2D eigenvalue weighted by molar-refractivity contribution is 7.89. The first-order valence-electron chi connectivity index (χ1n) is 12.5. The molecule has 7 heteroatoms. The van der Waals surface area contributed by atoms with Gasteiger partial charge in [-0.1, -0.05) is 43.3 Å². The van der Waals surface area contributed by atoms with Gasteiger partial charge in [-0.05, 0) is 74.4 Å². The molecule has 2 heterocycles. The van der Waals surface area contributed by atoms with Gasteiger partial charge in [-0.15, -0.1) is 0 Å². The SMILES string of the molecule is CCC(=O)OC[C@@H]1CCCN1S(=O)(=O)c1ccc(-c2ccc(CCN3CCC[C@H]3C)cc2)cc1. The number of likely N-dealkylation sites (tertiary alicyclic amines) is 1. The van der Waals surface area contributed by atoms with E-state index in [-0.39, 0.29) is 23.5 Å². The molecular formula is C27H36N2O4S. The molecule has 2 fully saturated rings. The molecule has 0 N–H and O–H groups in total. The summed E-state index contributed by atoms with van der Waals surface area (Å²) in [5.74, 6) is -0.301. The van der Waals surface area contributed by atoms with Gasteiger partial charge < -0.3 is 9.64 Å². The van der Waals surface area contributed by atoms with Gasteiger partial charge in [-0.3, -0.25) is 4.79 Å². The van der Waals surface area contributed by atoms with Crippen molar-refractivity contribution in [2.45, 2.75) is 69.4 Å². The third-order valence-electron chi connectivity index (χ3n) is 7.17. The van der Waals surface area contributed by atoms with Gasteiger partial charge in [0.2, 0.25) is 10.0 Å². The molecule has 0 radical (unpaired) electrons. The third-order valence-corrected chi connectivity index (χ3v) is 9.14. The number of carbonyl (C=O) groups excluding carboxylic acids is 1. The fourth-order valence-electron chi connectivity index (χ4n) is 5.00. The highest BCUT2D eigenvalue weighted by atomic mass is 32.2. The molecule has 2 aliphatic heterocycles. The van der Waals surface area contributed by atoms with Crippen molar-refractivity contribution >= 4 is 16.0 Å². The summed E-state index contributed by atoms with van der Waals surface area (Å²) in [6.45, 7) is 6.92. The summed E-state index contributed by atoms with van der Waals surface area (Å²) in [5.41, 5.74) is 3.40. The maximum absolute atomic E-state index is 13.2. The molecule has 2 aliphatic rings. The van der Waals surface area contributed by atoms with Crippen LogP contribution in [0.5, 0.6) is 0 Å². The Labute approximate surface area is 204 Å².